The number of nitrogens with one attached hydrogen (secondary N) is 2. The van der Waals surface area contributed by atoms with Crippen molar-refractivity contribution in [1.29, 1.82) is 0 Å². The molecule has 7 heteroatoms. The Labute approximate surface area is 163 Å². The van der Waals surface area contributed by atoms with Gasteiger partial charge in [-0.1, -0.05) is 36.4 Å². The Balaban J connectivity index is 1.61. The molecule has 0 saturated heterocycles. The van der Waals surface area contributed by atoms with Gasteiger partial charge in [0, 0.05) is 19.2 Å². The van der Waals surface area contributed by atoms with Crippen LogP contribution in [0.3, 0.4) is 0 Å². The first-order valence-corrected chi connectivity index (χ1v) is 10.2. The van der Waals surface area contributed by atoms with Crippen LogP contribution in [0.25, 0.3) is 16.8 Å². The predicted octanol–water partition coefficient (Wildman–Crippen LogP) is 4.17. The maximum absolute atomic E-state index is 11.5. The van der Waals surface area contributed by atoms with Crippen molar-refractivity contribution in [2.75, 3.05) is 17.8 Å². The Bertz CT molecular complexity index is 1230. The summed E-state index contributed by atoms with van der Waals surface area (Å²) in [4.78, 5) is -0.130. The molecule has 3 aromatic rings. The van der Waals surface area contributed by atoms with E-state index in [1.165, 1.54) is 17.5 Å². The number of benzene rings is 3. The van der Waals surface area contributed by atoms with Crippen molar-refractivity contribution < 1.29 is 13.0 Å². The van der Waals surface area contributed by atoms with Gasteiger partial charge in [-0.25, -0.2) is 0 Å². The molecule has 0 heterocycles. The summed E-state index contributed by atoms with van der Waals surface area (Å²) in [6, 6.07) is 17.1. The van der Waals surface area contributed by atoms with E-state index in [-0.39, 0.29) is 4.90 Å². The first-order valence-electron chi connectivity index (χ1n) is 8.76. The van der Waals surface area contributed by atoms with Gasteiger partial charge < -0.3 is 5.32 Å². The van der Waals surface area contributed by atoms with Gasteiger partial charge in [-0.3, -0.25) is 9.98 Å². The van der Waals surface area contributed by atoms with Crippen molar-refractivity contribution in [2.45, 2.75) is 11.3 Å². The van der Waals surface area contributed by atoms with E-state index in [2.05, 4.69) is 28.0 Å². The smallest absolute Gasteiger partial charge is 0.294 e. The zero-order valence-corrected chi connectivity index (χ0v) is 16.0. The summed E-state index contributed by atoms with van der Waals surface area (Å²) in [6.07, 6.45) is 4.17. The first kappa shape index (κ1) is 18.2. The van der Waals surface area contributed by atoms with Crippen LogP contribution < -0.4 is 10.7 Å². The maximum atomic E-state index is 11.5. The van der Waals surface area contributed by atoms with E-state index in [1.54, 1.807) is 13.1 Å². The van der Waals surface area contributed by atoms with Gasteiger partial charge in [0.15, 0.2) is 0 Å². The van der Waals surface area contributed by atoms with Gasteiger partial charge >= 0.3 is 0 Å². The van der Waals surface area contributed by atoms with Crippen molar-refractivity contribution in [3.63, 3.8) is 0 Å². The van der Waals surface area contributed by atoms with E-state index in [4.69, 9.17) is 0 Å². The number of fused-ring (bicyclic) bond motifs is 2. The molecule has 0 amide bonds. The lowest BCUT2D eigenvalue weighted by molar-refractivity contribution is 0.483. The van der Waals surface area contributed by atoms with Crippen LogP contribution in [0.4, 0.5) is 11.4 Å². The summed E-state index contributed by atoms with van der Waals surface area (Å²) in [5.74, 6) is 0. The van der Waals surface area contributed by atoms with Gasteiger partial charge in [0.25, 0.3) is 10.1 Å². The van der Waals surface area contributed by atoms with Crippen molar-refractivity contribution in [3.8, 4) is 0 Å². The van der Waals surface area contributed by atoms with E-state index >= 15 is 0 Å². The first-order chi connectivity index (χ1) is 13.4. The lowest BCUT2D eigenvalue weighted by atomic mass is 9.94. The standard InChI is InChI=1S/C21H19N3O3S/c1-22-21-13-19(28(25,26)27)11-16-7-9-18(12-20(16)21)24-23-17-8-6-14-4-2-3-5-15(14)10-17/h2-11,13,22-23H,12H2,1H3,(H,25,26,27)/b24-18-. The van der Waals surface area contributed by atoms with Crippen LogP contribution in [-0.2, 0) is 16.5 Å². The Morgan fingerprint density at radius 1 is 1.00 bits per heavy atom. The molecule has 0 atom stereocenters. The van der Waals surface area contributed by atoms with Gasteiger partial charge in [0.2, 0.25) is 0 Å². The Morgan fingerprint density at radius 2 is 1.79 bits per heavy atom. The van der Waals surface area contributed by atoms with Gasteiger partial charge in [-0.15, -0.1) is 0 Å². The van der Waals surface area contributed by atoms with Crippen LogP contribution in [0, 0.1) is 0 Å². The third-order valence-electron chi connectivity index (χ3n) is 4.72. The number of hydrogen-bond donors (Lipinski definition) is 3. The largest absolute Gasteiger partial charge is 0.388 e. The molecule has 6 nitrogen and oxygen atoms in total. The summed E-state index contributed by atoms with van der Waals surface area (Å²) in [5.41, 5.74) is 7.11. The number of hydrogen-bond acceptors (Lipinski definition) is 5. The maximum Gasteiger partial charge on any atom is 0.294 e. The van der Waals surface area contributed by atoms with Crippen molar-refractivity contribution >= 4 is 44.1 Å². The quantitative estimate of drug-likeness (QED) is 0.457. The highest BCUT2D eigenvalue weighted by Crippen LogP contribution is 2.29. The second kappa shape index (κ2) is 7.10. The molecule has 0 aliphatic heterocycles. The minimum Gasteiger partial charge on any atom is -0.388 e. The molecule has 1 aliphatic carbocycles. The van der Waals surface area contributed by atoms with Crippen LogP contribution in [0.5, 0.6) is 0 Å². The highest BCUT2D eigenvalue weighted by Gasteiger charge is 2.19. The second-order valence-electron chi connectivity index (χ2n) is 6.55. The fourth-order valence-corrected chi connectivity index (χ4v) is 3.83. The van der Waals surface area contributed by atoms with Crippen molar-refractivity contribution in [2.24, 2.45) is 5.10 Å². The molecule has 0 bridgehead atoms. The normalized spacial score (nSPS) is 14.9. The third-order valence-corrected chi connectivity index (χ3v) is 5.55. The average Bonchev–Trinajstić information content (AvgIpc) is 2.70. The molecule has 0 saturated carbocycles. The van der Waals surface area contributed by atoms with Crippen LogP contribution in [0.2, 0.25) is 0 Å². The van der Waals surface area contributed by atoms with Crippen LogP contribution in [0.15, 0.2) is 70.7 Å². The van der Waals surface area contributed by atoms with Gasteiger partial charge in [0.1, 0.15) is 0 Å². The molecular formula is C21H19N3O3S. The van der Waals surface area contributed by atoms with Crippen molar-refractivity contribution in [1.82, 2.24) is 0 Å². The summed E-state index contributed by atoms with van der Waals surface area (Å²) < 4.78 is 32.3. The molecule has 0 radical (unpaired) electrons. The molecule has 3 N–H and O–H groups in total. The number of allylic oxidation sites excluding steroid dienone is 1. The monoisotopic (exact) mass is 393 g/mol. The fourth-order valence-electron chi connectivity index (χ4n) is 3.28. The van der Waals surface area contributed by atoms with Crippen LogP contribution in [-0.4, -0.2) is 25.7 Å². The molecule has 0 unspecified atom stereocenters. The predicted molar refractivity (Wildman–Crippen MR) is 114 cm³/mol. The molecular weight excluding hydrogens is 374 g/mol. The molecule has 0 spiro atoms. The van der Waals surface area contributed by atoms with Crippen LogP contribution in [0.1, 0.15) is 11.1 Å². The minimum atomic E-state index is -4.26. The topological polar surface area (TPSA) is 90.8 Å². The van der Waals surface area contributed by atoms with Gasteiger partial charge in [-0.2, -0.15) is 13.5 Å². The average molecular weight is 393 g/mol. The molecule has 0 fully saturated rings. The van der Waals surface area contributed by atoms with Crippen molar-refractivity contribution in [3.05, 3.63) is 71.8 Å². The van der Waals surface area contributed by atoms with E-state index in [0.717, 1.165) is 27.9 Å². The van der Waals surface area contributed by atoms with Crippen LogP contribution >= 0.6 is 0 Å². The van der Waals surface area contributed by atoms with Gasteiger partial charge in [-0.05, 0) is 52.2 Å². The number of hydrazone groups is 1. The lowest BCUT2D eigenvalue weighted by Gasteiger charge is -2.18. The molecule has 4 rings (SSSR count). The van der Waals surface area contributed by atoms with Gasteiger partial charge in [0.05, 0.1) is 16.3 Å². The zero-order valence-electron chi connectivity index (χ0n) is 15.2. The summed E-state index contributed by atoms with van der Waals surface area (Å²) in [5, 5.41) is 9.79. The Hall–Kier alpha value is -3.16. The fraction of sp³-hybridized carbons (Fsp3) is 0.0952. The minimum absolute atomic E-state index is 0.130. The number of rotatable bonds is 4. The SMILES string of the molecule is CNc1cc(S(=O)(=O)O)cc2c1C/C(=N\Nc1ccc3ccccc3c1)C=C2. The van der Waals surface area contributed by atoms with E-state index in [0.29, 0.717) is 12.1 Å². The third kappa shape index (κ3) is 3.62. The summed E-state index contributed by atoms with van der Waals surface area (Å²) in [7, 11) is -2.55. The molecule has 0 aromatic heterocycles. The number of anilines is 2. The Kier molecular flexibility index (Phi) is 4.62. The summed E-state index contributed by atoms with van der Waals surface area (Å²) in [6.45, 7) is 0. The van der Waals surface area contributed by atoms with E-state index < -0.39 is 10.1 Å². The molecule has 1 aliphatic rings. The lowest BCUT2D eigenvalue weighted by Crippen LogP contribution is -2.12. The number of nitrogens with zero attached hydrogens (tertiary/aromatic N) is 1. The molecule has 142 valence electrons. The van der Waals surface area contributed by atoms with E-state index in [9.17, 15) is 13.0 Å². The van der Waals surface area contributed by atoms with E-state index in [1.807, 2.05) is 36.4 Å². The Morgan fingerprint density at radius 3 is 2.54 bits per heavy atom. The highest BCUT2D eigenvalue weighted by molar-refractivity contribution is 7.85. The summed E-state index contributed by atoms with van der Waals surface area (Å²) >= 11 is 0. The highest BCUT2D eigenvalue weighted by atomic mass is 32.2. The zero-order chi connectivity index (χ0) is 19.7. The molecule has 28 heavy (non-hydrogen) atoms. The molecule has 3 aromatic carbocycles. The second-order valence-corrected chi connectivity index (χ2v) is 7.97.